The second-order valence-electron chi connectivity index (χ2n) is 5.93. The molecular weight excluding hydrogens is 338 g/mol. The molecule has 7 nitrogen and oxygen atoms in total. The Morgan fingerprint density at radius 3 is 3.00 bits per heavy atom. The Bertz CT molecular complexity index is 885. The molecule has 8 heteroatoms. The number of rotatable bonds is 3. The average molecular weight is 355 g/mol. The van der Waals surface area contributed by atoms with Crippen LogP contribution in [-0.4, -0.2) is 56.1 Å². The number of likely N-dealkylation sites (tertiary alicyclic amines) is 1. The average Bonchev–Trinajstić information content (AvgIpc) is 3.13. The third kappa shape index (κ3) is 3.18. The Labute approximate surface area is 148 Å². The van der Waals surface area contributed by atoms with Crippen molar-refractivity contribution in [2.45, 2.75) is 18.6 Å². The molecule has 3 aromatic heterocycles. The van der Waals surface area contributed by atoms with Crippen molar-refractivity contribution in [1.29, 1.82) is 0 Å². The fourth-order valence-corrected chi connectivity index (χ4v) is 3.80. The van der Waals surface area contributed by atoms with Gasteiger partial charge in [0.25, 0.3) is 5.91 Å². The molecule has 1 aliphatic heterocycles. The highest BCUT2D eigenvalue weighted by atomic mass is 32.1. The van der Waals surface area contributed by atoms with Crippen LogP contribution >= 0.6 is 11.3 Å². The Morgan fingerprint density at radius 1 is 1.28 bits per heavy atom. The molecule has 25 heavy (non-hydrogen) atoms. The van der Waals surface area contributed by atoms with Crippen molar-refractivity contribution in [3.8, 4) is 0 Å². The maximum atomic E-state index is 12.5. The van der Waals surface area contributed by atoms with Crippen molar-refractivity contribution < 1.29 is 9.90 Å². The first-order valence-corrected chi connectivity index (χ1v) is 8.93. The SMILES string of the molecule is O=C(c1ccccn1)N1CC[C@@H](Nc2ncnc3ccsc23)[C@H](O)C1. The molecule has 1 saturated heterocycles. The van der Waals surface area contributed by atoms with Crippen LogP contribution in [0.3, 0.4) is 0 Å². The Hall–Kier alpha value is -2.58. The molecule has 0 unspecified atom stereocenters. The zero-order valence-electron chi connectivity index (χ0n) is 13.4. The minimum absolute atomic E-state index is 0.152. The first kappa shape index (κ1) is 15.9. The van der Waals surface area contributed by atoms with Gasteiger partial charge in [-0.2, -0.15) is 0 Å². The summed E-state index contributed by atoms with van der Waals surface area (Å²) >= 11 is 1.56. The number of carbonyl (C=O) groups excluding carboxylic acids is 1. The maximum Gasteiger partial charge on any atom is 0.272 e. The van der Waals surface area contributed by atoms with E-state index >= 15 is 0 Å². The summed E-state index contributed by atoms with van der Waals surface area (Å²) < 4.78 is 0.974. The lowest BCUT2D eigenvalue weighted by atomic mass is 10.0. The fourth-order valence-electron chi connectivity index (χ4n) is 3.00. The van der Waals surface area contributed by atoms with Crippen molar-refractivity contribution >= 4 is 33.3 Å². The molecule has 1 amide bonds. The minimum Gasteiger partial charge on any atom is -0.389 e. The van der Waals surface area contributed by atoms with E-state index in [9.17, 15) is 9.90 Å². The number of β-amino-alcohol motifs (C(OH)–C–C–N with tert-alkyl or cyclic N) is 1. The van der Waals surface area contributed by atoms with Crippen LogP contribution in [0.1, 0.15) is 16.9 Å². The highest BCUT2D eigenvalue weighted by molar-refractivity contribution is 7.17. The number of thiophene rings is 1. The van der Waals surface area contributed by atoms with Gasteiger partial charge in [-0.05, 0) is 30.0 Å². The van der Waals surface area contributed by atoms with E-state index in [1.54, 1.807) is 40.6 Å². The second kappa shape index (κ2) is 6.73. The molecule has 3 aromatic rings. The standard InChI is InChI=1S/C17H17N5O2S/c23-14-9-22(17(24)13-3-1-2-6-18-13)7-4-11(14)21-16-15-12(5-8-25-15)19-10-20-16/h1-3,5-6,8,10-11,14,23H,4,7,9H2,(H,19,20,21)/t11-,14-/m1/s1. The lowest BCUT2D eigenvalue weighted by Gasteiger charge is -2.36. The molecule has 4 rings (SSSR count). The van der Waals surface area contributed by atoms with Gasteiger partial charge in [0, 0.05) is 19.3 Å². The van der Waals surface area contributed by atoms with Crippen molar-refractivity contribution in [2.75, 3.05) is 18.4 Å². The lowest BCUT2D eigenvalue weighted by molar-refractivity contribution is 0.0421. The van der Waals surface area contributed by atoms with Crippen LogP contribution in [0.15, 0.2) is 42.2 Å². The van der Waals surface area contributed by atoms with Crippen molar-refractivity contribution in [1.82, 2.24) is 19.9 Å². The summed E-state index contributed by atoms with van der Waals surface area (Å²) in [6.07, 6.45) is 3.07. The number of fused-ring (bicyclic) bond motifs is 1. The van der Waals surface area contributed by atoms with E-state index in [1.165, 1.54) is 6.33 Å². The number of piperidine rings is 1. The van der Waals surface area contributed by atoms with Gasteiger partial charge >= 0.3 is 0 Å². The summed E-state index contributed by atoms with van der Waals surface area (Å²) in [5.74, 6) is 0.578. The van der Waals surface area contributed by atoms with E-state index in [1.807, 2.05) is 11.4 Å². The van der Waals surface area contributed by atoms with Crippen molar-refractivity contribution in [3.05, 3.63) is 47.9 Å². The summed E-state index contributed by atoms with van der Waals surface area (Å²) in [4.78, 5) is 26.7. The minimum atomic E-state index is -0.675. The summed E-state index contributed by atoms with van der Waals surface area (Å²) in [6, 6.07) is 7.03. The zero-order valence-corrected chi connectivity index (χ0v) is 14.2. The zero-order chi connectivity index (χ0) is 17.2. The van der Waals surface area contributed by atoms with E-state index in [0.717, 1.165) is 16.0 Å². The van der Waals surface area contributed by atoms with Crippen molar-refractivity contribution in [2.24, 2.45) is 0 Å². The number of hydrogen-bond acceptors (Lipinski definition) is 7. The van der Waals surface area contributed by atoms with Gasteiger partial charge in [0.15, 0.2) is 0 Å². The lowest BCUT2D eigenvalue weighted by Crippen LogP contribution is -2.51. The van der Waals surface area contributed by atoms with E-state index in [0.29, 0.717) is 18.7 Å². The second-order valence-corrected chi connectivity index (χ2v) is 6.85. The topological polar surface area (TPSA) is 91.2 Å². The van der Waals surface area contributed by atoms with E-state index in [2.05, 4.69) is 20.3 Å². The molecule has 0 bridgehead atoms. The van der Waals surface area contributed by atoms with Gasteiger partial charge in [-0.15, -0.1) is 11.3 Å². The van der Waals surface area contributed by atoms with E-state index in [4.69, 9.17) is 0 Å². The van der Waals surface area contributed by atoms with Crippen LogP contribution in [0, 0.1) is 0 Å². The molecule has 4 heterocycles. The number of aliphatic hydroxyl groups excluding tert-OH is 1. The molecular formula is C17H17N5O2S. The summed E-state index contributed by atoms with van der Waals surface area (Å²) in [5.41, 5.74) is 1.29. The number of pyridine rings is 1. The Balaban J connectivity index is 1.45. The quantitative estimate of drug-likeness (QED) is 0.744. The van der Waals surface area contributed by atoms with Gasteiger partial charge in [0.2, 0.25) is 0 Å². The summed E-state index contributed by atoms with van der Waals surface area (Å²) in [5, 5.41) is 15.8. The fraction of sp³-hybridized carbons (Fsp3) is 0.294. The number of carbonyl (C=O) groups is 1. The smallest absolute Gasteiger partial charge is 0.272 e. The molecule has 1 aliphatic rings. The van der Waals surface area contributed by atoms with Crippen LogP contribution in [0.5, 0.6) is 0 Å². The first-order chi connectivity index (χ1) is 12.2. The number of aliphatic hydroxyl groups is 1. The third-order valence-electron chi connectivity index (χ3n) is 4.32. The molecule has 0 spiro atoms. The number of nitrogens with zero attached hydrogens (tertiary/aromatic N) is 4. The third-order valence-corrected chi connectivity index (χ3v) is 5.23. The number of hydrogen-bond donors (Lipinski definition) is 2. The first-order valence-electron chi connectivity index (χ1n) is 8.05. The molecule has 0 saturated carbocycles. The normalized spacial score (nSPS) is 20.6. The van der Waals surface area contributed by atoms with Gasteiger partial charge in [-0.25, -0.2) is 9.97 Å². The van der Waals surface area contributed by atoms with Gasteiger partial charge < -0.3 is 15.3 Å². The van der Waals surface area contributed by atoms with Crippen LogP contribution in [-0.2, 0) is 0 Å². The molecule has 0 radical (unpaired) electrons. The van der Waals surface area contributed by atoms with Crippen LogP contribution < -0.4 is 5.32 Å². The van der Waals surface area contributed by atoms with Crippen LogP contribution in [0.25, 0.3) is 10.2 Å². The molecule has 128 valence electrons. The predicted molar refractivity (Wildman–Crippen MR) is 95.6 cm³/mol. The number of amides is 1. The molecule has 0 aromatic carbocycles. The van der Waals surface area contributed by atoms with Crippen LogP contribution in [0.2, 0.25) is 0 Å². The van der Waals surface area contributed by atoms with E-state index in [-0.39, 0.29) is 18.5 Å². The van der Waals surface area contributed by atoms with Gasteiger partial charge in [0.1, 0.15) is 17.8 Å². The molecule has 2 atom stereocenters. The Morgan fingerprint density at radius 2 is 2.20 bits per heavy atom. The van der Waals surface area contributed by atoms with Gasteiger partial charge in [0.05, 0.1) is 22.4 Å². The Kier molecular flexibility index (Phi) is 4.29. The monoisotopic (exact) mass is 355 g/mol. The predicted octanol–water partition coefficient (Wildman–Crippen LogP) is 1.77. The van der Waals surface area contributed by atoms with Gasteiger partial charge in [-0.1, -0.05) is 6.07 Å². The molecule has 0 aliphatic carbocycles. The van der Waals surface area contributed by atoms with Crippen LogP contribution in [0.4, 0.5) is 5.82 Å². The number of nitrogens with one attached hydrogen (secondary N) is 1. The maximum absolute atomic E-state index is 12.5. The number of aromatic nitrogens is 3. The van der Waals surface area contributed by atoms with Gasteiger partial charge in [-0.3, -0.25) is 9.78 Å². The largest absolute Gasteiger partial charge is 0.389 e. The molecule has 1 fully saturated rings. The highest BCUT2D eigenvalue weighted by Gasteiger charge is 2.31. The highest BCUT2D eigenvalue weighted by Crippen LogP contribution is 2.27. The summed E-state index contributed by atoms with van der Waals surface area (Å²) in [6.45, 7) is 0.828. The summed E-state index contributed by atoms with van der Waals surface area (Å²) in [7, 11) is 0. The van der Waals surface area contributed by atoms with E-state index < -0.39 is 6.10 Å². The van der Waals surface area contributed by atoms with Crippen molar-refractivity contribution in [3.63, 3.8) is 0 Å². The number of anilines is 1. The molecule has 2 N–H and O–H groups in total.